The van der Waals surface area contributed by atoms with E-state index in [1.807, 2.05) is 6.92 Å². The zero-order valence-corrected chi connectivity index (χ0v) is 14.7. The minimum atomic E-state index is -0.633. The van der Waals surface area contributed by atoms with E-state index in [-0.39, 0.29) is 11.9 Å². The molecule has 0 unspecified atom stereocenters. The molecule has 126 valence electrons. The van der Waals surface area contributed by atoms with Gasteiger partial charge in [-0.2, -0.15) is 0 Å². The van der Waals surface area contributed by atoms with Crippen LogP contribution in [0.1, 0.15) is 32.6 Å². The molecule has 23 heavy (non-hydrogen) atoms. The van der Waals surface area contributed by atoms with E-state index in [4.69, 9.17) is 23.2 Å². The number of anilines is 1. The average molecular weight is 357 g/mol. The Bertz CT molecular complexity index is 610. The molecule has 3 atom stereocenters. The molecule has 6 heteroatoms. The standard InChI is InChI=1S/C17H22Cl2N2O2/c1-2-17(23)8-4-5-11-9-21(10-12(11)17)16(22)20-14-7-3-6-13(18)15(14)19/h3,6-7,11-12,23H,2,4-5,8-10H2,1H3,(H,20,22)/t11-,12+,17-/m1/s1. The Morgan fingerprint density at radius 2 is 2.22 bits per heavy atom. The lowest BCUT2D eigenvalue weighted by Crippen LogP contribution is -2.44. The molecule has 0 bridgehead atoms. The summed E-state index contributed by atoms with van der Waals surface area (Å²) in [6.07, 6.45) is 3.68. The highest BCUT2D eigenvalue weighted by molar-refractivity contribution is 6.43. The lowest BCUT2D eigenvalue weighted by atomic mass is 9.69. The number of benzene rings is 1. The maximum atomic E-state index is 12.6. The van der Waals surface area contributed by atoms with Crippen molar-refractivity contribution in [2.45, 2.75) is 38.2 Å². The molecular formula is C17H22Cl2N2O2. The maximum absolute atomic E-state index is 12.6. The predicted octanol–water partition coefficient (Wildman–Crippen LogP) is 4.40. The number of halogens is 2. The van der Waals surface area contributed by atoms with Crippen LogP contribution >= 0.6 is 23.2 Å². The molecule has 0 spiro atoms. The summed E-state index contributed by atoms with van der Waals surface area (Å²) in [6.45, 7) is 3.31. The van der Waals surface area contributed by atoms with Crippen molar-refractivity contribution in [2.24, 2.45) is 11.8 Å². The van der Waals surface area contributed by atoms with Crippen LogP contribution in [0.4, 0.5) is 10.5 Å². The molecule has 1 aromatic carbocycles. The summed E-state index contributed by atoms with van der Waals surface area (Å²) in [4.78, 5) is 14.3. The lowest BCUT2D eigenvalue weighted by molar-refractivity contribution is -0.0607. The molecule has 1 heterocycles. The Hall–Kier alpha value is -0.970. The summed E-state index contributed by atoms with van der Waals surface area (Å²) < 4.78 is 0. The Balaban J connectivity index is 1.71. The molecule has 1 saturated heterocycles. The number of nitrogens with zero attached hydrogens (tertiary/aromatic N) is 1. The van der Waals surface area contributed by atoms with Gasteiger partial charge in [0.25, 0.3) is 0 Å². The third-order valence-corrected chi connectivity index (χ3v) is 6.23. The summed E-state index contributed by atoms with van der Waals surface area (Å²) in [5, 5.41) is 14.4. The molecule has 2 fully saturated rings. The van der Waals surface area contributed by atoms with Crippen LogP contribution < -0.4 is 5.32 Å². The fourth-order valence-electron chi connectivity index (χ4n) is 4.03. The number of rotatable bonds is 2. The first-order valence-electron chi connectivity index (χ1n) is 8.17. The lowest BCUT2D eigenvalue weighted by Gasteiger charge is -2.40. The molecule has 1 aliphatic heterocycles. The van der Waals surface area contributed by atoms with Crippen LogP contribution in [0.2, 0.25) is 10.0 Å². The second kappa shape index (κ2) is 6.50. The number of fused-ring (bicyclic) bond motifs is 1. The van der Waals surface area contributed by atoms with Gasteiger partial charge in [-0.15, -0.1) is 0 Å². The molecule has 2 amide bonds. The molecule has 0 radical (unpaired) electrons. The van der Waals surface area contributed by atoms with Gasteiger partial charge in [-0.1, -0.05) is 42.6 Å². The van der Waals surface area contributed by atoms with Crippen molar-refractivity contribution < 1.29 is 9.90 Å². The highest BCUT2D eigenvalue weighted by atomic mass is 35.5. The van der Waals surface area contributed by atoms with Gasteiger partial charge in [-0.3, -0.25) is 0 Å². The van der Waals surface area contributed by atoms with E-state index in [2.05, 4.69) is 5.32 Å². The molecule has 1 saturated carbocycles. The molecule has 2 N–H and O–H groups in total. The van der Waals surface area contributed by atoms with Crippen molar-refractivity contribution in [1.29, 1.82) is 0 Å². The summed E-state index contributed by atoms with van der Waals surface area (Å²) in [7, 11) is 0. The maximum Gasteiger partial charge on any atom is 0.321 e. The van der Waals surface area contributed by atoms with Gasteiger partial charge in [0.15, 0.2) is 0 Å². The van der Waals surface area contributed by atoms with Crippen LogP contribution in [-0.2, 0) is 0 Å². The number of aliphatic hydroxyl groups is 1. The van der Waals surface area contributed by atoms with E-state index in [0.29, 0.717) is 34.7 Å². The Morgan fingerprint density at radius 3 is 2.96 bits per heavy atom. The number of nitrogens with one attached hydrogen (secondary N) is 1. The predicted molar refractivity (Wildman–Crippen MR) is 93.1 cm³/mol. The second-order valence-electron chi connectivity index (χ2n) is 6.65. The van der Waals surface area contributed by atoms with Gasteiger partial charge in [0.1, 0.15) is 0 Å². The van der Waals surface area contributed by atoms with Crippen LogP contribution in [0.5, 0.6) is 0 Å². The van der Waals surface area contributed by atoms with Crippen molar-refractivity contribution >= 4 is 34.9 Å². The van der Waals surface area contributed by atoms with Crippen LogP contribution in [0, 0.1) is 11.8 Å². The Labute approximate surface area is 146 Å². The summed E-state index contributed by atoms with van der Waals surface area (Å²) in [5.74, 6) is 0.552. The van der Waals surface area contributed by atoms with E-state index in [9.17, 15) is 9.90 Å². The van der Waals surface area contributed by atoms with Gasteiger partial charge in [0, 0.05) is 19.0 Å². The number of hydrogen-bond donors (Lipinski definition) is 2. The third-order valence-electron chi connectivity index (χ3n) is 5.41. The quantitative estimate of drug-likeness (QED) is 0.824. The number of hydrogen-bond acceptors (Lipinski definition) is 2. The van der Waals surface area contributed by atoms with Crippen LogP contribution in [0.25, 0.3) is 0 Å². The van der Waals surface area contributed by atoms with Crippen LogP contribution in [-0.4, -0.2) is 34.7 Å². The fraction of sp³-hybridized carbons (Fsp3) is 0.588. The smallest absolute Gasteiger partial charge is 0.321 e. The van der Waals surface area contributed by atoms with Gasteiger partial charge in [0.05, 0.1) is 21.3 Å². The van der Waals surface area contributed by atoms with Crippen molar-refractivity contribution in [3.63, 3.8) is 0 Å². The van der Waals surface area contributed by atoms with Crippen molar-refractivity contribution in [2.75, 3.05) is 18.4 Å². The van der Waals surface area contributed by atoms with Gasteiger partial charge in [0.2, 0.25) is 0 Å². The van der Waals surface area contributed by atoms with Crippen molar-refractivity contribution in [1.82, 2.24) is 4.90 Å². The molecule has 2 aliphatic rings. The Kier molecular flexibility index (Phi) is 4.77. The summed E-state index contributed by atoms with van der Waals surface area (Å²) in [5.41, 5.74) is -0.115. The molecule has 1 aliphatic carbocycles. The Morgan fingerprint density at radius 1 is 1.43 bits per heavy atom. The highest BCUT2D eigenvalue weighted by Gasteiger charge is 2.48. The van der Waals surface area contributed by atoms with E-state index in [1.165, 1.54) is 0 Å². The van der Waals surface area contributed by atoms with Gasteiger partial charge >= 0.3 is 6.03 Å². The fourth-order valence-corrected chi connectivity index (χ4v) is 4.38. The first-order chi connectivity index (χ1) is 10.9. The van der Waals surface area contributed by atoms with Gasteiger partial charge in [-0.05, 0) is 37.3 Å². The number of carbonyl (C=O) groups excluding carboxylic acids is 1. The minimum Gasteiger partial charge on any atom is -0.390 e. The van der Waals surface area contributed by atoms with Gasteiger partial charge in [-0.25, -0.2) is 4.79 Å². The average Bonchev–Trinajstić information content (AvgIpc) is 2.98. The summed E-state index contributed by atoms with van der Waals surface area (Å²) >= 11 is 12.1. The number of urea groups is 1. The van der Waals surface area contributed by atoms with E-state index < -0.39 is 5.60 Å². The van der Waals surface area contributed by atoms with Crippen LogP contribution in [0.15, 0.2) is 18.2 Å². The van der Waals surface area contributed by atoms with Gasteiger partial charge < -0.3 is 15.3 Å². The second-order valence-corrected chi connectivity index (χ2v) is 7.44. The number of likely N-dealkylation sites (tertiary alicyclic amines) is 1. The zero-order chi connectivity index (χ0) is 16.6. The molecular weight excluding hydrogens is 335 g/mol. The number of carbonyl (C=O) groups is 1. The van der Waals surface area contributed by atoms with Crippen LogP contribution in [0.3, 0.4) is 0 Å². The molecule has 1 aromatic rings. The third kappa shape index (κ3) is 3.17. The SMILES string of the molecule is CC[C@@]1(O)CCC[C@@H]2CN(C(=O)Nc3cccc(Cl)c3Cl)C[C@@H]21. The highest BCUT2D eigenvalue weighted by Crippen LogP contribution is 2.44. The molecule has 3 rings (SSSR count). The largest absolute Gasteiger partial charge is 0.390 e. The van der Waals surface area contributed by atoms with Crippen molar-refractivity contribution in [3.05, 3.63) is 28.2 Å². The zero-order valence-electron chi connectivity index (χ0n) is 13.2. The topological polar surface area (TPSA) is 52.6 Å². The normalized spacial score (nSPS) is 30.2. The first kappa shape index (κ1) is 16.9. The van der Waals surface area contributed by atoms with E-state index in [0.717, 1.165) is 25.7 Å². The van der Waals surface area contributed by atoms with E-state index in [1.54, 1.807) is 23.1 Å². The van der Waals surface area contributed by atoms with Crippen molar-refractivity contribution in [3.8, 4) is 0 Å². The first-order valence-corrected chi connectivity index (χ1v) is 8.92. The minimum absolute atomic E-state index is 0.168. The summed E-state index contributed by atoms with van der Waals surface area (Å²) in [6, 6.07) is 4.99. The van der Waals surface area contributed by atoms with E-state index >= 15 is 0 Å². The number of amides is 2. The monoisotopic (exact) mass is 356 g/mol. The molecule has 0 aromatic heterocycles. The molecule has 4 nitrogen and oxygen atoms in total.